The Morgan fingerprint density at radius 2 is 1.62 bits per heavy atom. The molecule has 4 saturated carbocycles. The molecule has 0 spiro atoms. The largest absolute Gasteiger partial charge is 0.392 e. The average Bonchev–Trinajstić information content (AvgIpc) is 3.40. The van der Waals surface area contributed by atoms with Crippen LogP contribution in [-0.4, -0.2) is 38.7 Å². The Kier molecular flexibility index (Phi) is 8.00. The number of urea groups is 1. The van der Waals surface area contributed by atoms with E-state index in [2.05, 4.69) is 20.8 Å². The highest BCUT2D eigenvalue weighted by Crippen LogP contribution is 2.55. The zero-order valence-corrected chi connectivity index (χ0v) is 25.5. The molecule has 222 valence electrons. The van der Waals surface area contributed by atoms with Gasteiger partial charge in [0.05, 0.1) is 18.8 Å². The molecular weight excluding hydrogens is 569 g/mol. The average molecular weight is 607 g/mol. The smallest absolute Gasteiger partial charge is 0.319 e. The Morgan fingerprint density at radius 1 is 0.952 bits per heavy atom. The van der Waals surface area contributed by atoms with E-state index in [1.165, 1.54) is 19.3 Å². The molecule has 8 nitrogen and oxygen atoms in total. The van der Waals surface area contributed by atoms with Crippen molar-refractivity contribution >= 4 is 34.8 Å². The molecule has 5 aliphatic rings. The summed E-state index contributed by atoms with van der Waals surface area (Å²) >= 11 is 3.25. The molecule has 2 heterocycles. The fourth-order valence-corrected chi connectivity index (χ4v) is 9.77. The normalized spacial score (nSPS) is 31.7. The summed E-state index contributed by atoms with van der Waals surface area (Å²) in [5.74, 6) is 3.09. The number of hydrogen-bond donors (Lipinski definition) is 3. The first-order valence-corrected chi connectivity index (χ1v) is 16.8. The standard InChI is InChI=1S/C32H38N4O4S2/c1-19-35-36-31(42-19)41-18-27-13-28(24-4-2-20(17-37)3-5-24)40-29(39-27)25-6-8-26(9-7-25)33-30(38)34-32-14-21-10-22(15-32)12-23(11-21)16-32/h2-9,21-23,27-29,37H,10-18H2,1H3,(H2,33,34,38)/t21?,22?,23?,27-,28+,29+,32?/m1/s1. The Balaban J connectivity index is 1.02. The first kappa shape index (κ1) is 28.3. The van der Waals surface area contributed by atoms with Gasteiger partial charge in [-0.25, -0.2) is 4.79 Å². The number of carbonyl (C=O) groups is 1. The van der Waals surface area contributed by atoms with Crippen LogP contribution in [0.2, 0.25) is 0 Å². The molecule has 0 unspecified atom stereocenters. The molecule has 1 aliphatic heterocycles. The maximum absolute atomic E-state index is 13.1. The van der Waals surface area contributed by atoms with Crippen LogP contribution in [0.3, 0.4) is 0 Å². The van der Waals surface area contributed by atoms with E-state index in [1.54, 1.807) is 23.1 Å². The number of hydrogen-bond acceptors (Lipinski definition) is 8. The minimum atomic E-state index is -0.544. The van der Waals surface area contributed by atoms with E-state index in [1.807, 2.05) is 55.5 Å². The number of nitrogens with zero attached hydrogens (tertiary/aromatic N) is 2. The second-order valence-corrected chi connectivity index (χ2v) is 15.1. The quantitative estimate of drug-likeness (QED) is 0.243. The van der Waals surface area contributed by atoms with Gasteiger partial charge in [0.15, 0.2) is 10.6 Å². The first-order chi connectivity index (χ1) is 20.4. The molecule has 5 fully saturated rings. The molecular formula is C32H38N4O4S2. The van der Waals surface area contributed by atoms with Gasteiger partial charge in [-0.05, 0) is 86.5 Å². The minimum absolute atomic E-state index is 0.0129. The summed E-state index contributed by atoms with van der Waals surface area (Å²) in [7, 11) is 0. The summed E-state index contributed by atoms with van der Waals surface area (Å²) in [4.78, 5) is 13.1. The van der Waals surface area contributed by atoms with E-state index < -0.39 is 6.29 Å². The number of aliphatic hydroxyl groups is 1. The SMILES string of the molecule is Cc1nnc(SC[C@H]2C[C@@H](c3ccc(CO)cc3)O[C@@H](c3ccc(NC(=O)NC45CC6CC(CC(C6)C4)C5)cc3)O2)s1. The number of aromatic nitrogens is 2. The molecule has 42 heavy (non-hydrogen) atoms. The lowest BCUT2D eigenvalue weighted by molar-refractivity contribution is -0.245. The van der Waals surface area contributed by atoms with Crippen LogP contribution >= 0.6 is 23.1 Å². The van der Waals surface area contributed by atoms with Gasteiger partial charge in [-0.2, -0.15) is 0 Å². The Hall–Kier alpha value is -2.50. The summed E-state index contributed by atoms with van der Waals surface area (Å²) in [6.45, 7) is 1.97. The number of aliphatic hydroxyl groups excluding tert-OH is 1. The second kappa shape index (κ2) is 11.9. The van der Waals surface area contributed by atoms with Gasteiger partial charge in [0.1, 0.15) is 5.01 Å². The lowest BCUT2D eigenvalue weighted by Gasteiger charge is -2.56. The highest BCUT2D eigenvalue weighted by molar-refractivity contribution is 8.01. The number of ether oxygens (including phenoxy) is 2. The molecule has 2 amide bonds. The van der Waals surface area contributed by atoms with Crippen molar-refractivity contribution in [3.63, 3.8) is 0 Å². The predicted molar refractivity (Wildman–Crippen MR) is 163 cm³/mol. The van der Waals surface area contributed by atoms with E-state index in [0.717, 1.165) is 74.5 Å². The Labute approximate surface area is 255 Å². The topological polar surface area (TPSA) is 106 Å². The third kappa shape index (κ3) is 6.24. The lowest BCUT2D eigenvalue weighted by Crippen LogP contribution is -2.60. The lowest BCUT2D eigenvalue weighted by atomic mass is 9.53. The highest BCUT2D eigenvalue weighted by Gasteiger charge is 2.51. The number of benzene rings is 2. The van der Waals surface area contributed by atoms with E-state index in [9.17, 15) is 9.90 Å². The van der Waals surface area contributed by atoms with E-state index >= 15 is 0 Å². The van der Waals surface area contributed by atoms with Crippen LogP contribution in [-0.2, 0) is 16.1 Å². The summed E-state index contributed by atoms with van der Waals surface area (Å²) < 4.78 is 13.9. The maximum Gasteiger partial charge on any atom is 0.319 e. The predicted octanol–water partition coefficient (Wildman–Crippen LogP) is 6.77. The van der Waals surface area contributed by atoms with Gasteiger partial charge in [-0.1, -0.05) is 59.5 Å². The molecule has 3 atom stereocenters. The van der Waals surface area contributed by atoms with Gasteiger partial charge in [-0.3, -0.25) is 0 Å². The van der Waals surface area contributed by atoms with Crippen LogP contribution in [0.15, 0.2) is 52.9 Å². The van der Waals surface area contributed by atoms with Crippen molar-refractivity contribution in [3.05, 3.63) is 70.2 Å². The van der Waals surface area contributed by atoms with Crippen LogP contribution < -0.4 is 10.6 Å². The zero-order valence-electron chi connectivity index (χ0n) is 23.8. The molecule has 2 aromatic carbocycles. The summed E-state index contributed by atoms with van der Waals surface area (Å²) in [6, 6.07) is 15.6. The van der Waals surface area contributed by atoms with Gasteiger partial charge in [0.25, 0.3) is 0 Å². The number of nitrogens with one attached hydrogen (secondary N) is 2. The number of amides is 2. The molecule has 4 bridgehead atoms. The van der Waals surface area contributed by atoms with Crippen molar-refractivity contribution < 1.29 is 19.4 Å². The van der Waals surface area contributed by atoms with Crippen LogP contribution in [0.1, 0.15) is 79.0 Å². The van der Waals surface area contributed by atoms with Gasteiger partial charge >= 0.3 is 6.03 Å². The highest BCUT2D eigenvalue weighted by atomic mass is 32.2. The van der Waals surface area contributed by atoms with Crippen molar-refractivity contribution in [2.75, 3.05) is 11.1 Å². The van der Waals surface area contributed by atoms with Crippen molar-refractivity contribution in [1.29, 1.82) is 0 Å². The van der Waals surface area contributed by atoms with Gasteiger partial charge < -0.3 is 25.2 Å². The molecule has 8 rings (SSSR count). The van der Waals surface area contributed by atoms with Crippen LogP contribution in [0.25, 0.3) is 0 Å². The second-order valence-electron chi connectivity index (χ2n) is 12.6. The molecule has 0 radical (unpaired) electrons. The number of rotatable bonds is 8. The van der Waals surface area contributed by atoms with E-state index in [0.29, 0.717) is 6.42 Å². The Morgan fingerprint density at radius 3 is 2.24 bits per heavy atom. The molecule has 4 aliphatic carbocycles. The summed E-state index contributed by atoms with van der Waals surface area (Å²) in [6.07, 6.45) is 7.41. The van der Waals surface area contributed by atoms with Crippen molar-refractivity contribution in [2.45, 2.75) is 86.9 Å². The van der Waals surface area contributed by atoms with Crippen molar-refractivity contribution in [2.24, 2.45) is 17.8 Å². The summed E-state index contributed by atoms with van der Waals surface area (Å²) in [5.41, 5.74) is 3.57. The third-order valence-corrected chi connectivity index (χ3v) is 11.5. The molecule has 1 saturated heterocycles. The fourth-order valence-electron chi connectivity index (χ4n) is 7.91. The molecule has 10 heteroatoms. The molecule has 3 N–H and O–H groups in total. The Bertz CT molecular complexity index is 1360. The van der Waals surface area contributed by atoms with Crippen LogP contribution in [0.4, 0.5) is 10.5 Å². The third-order valence-electron chi connectivity index (χ3n) is 9.37. The van der Waals surface area contributed by atoms with Gasteiger partial charge in [0.2, 0.25) is 0 Å². The van der Waals surface area contributed by atoms with E-state index in [-0.39, 0.29) is 30.4 Å². The van der Waals surface area contributed by atoms with Crippen molar-refractivity contribution in [1.82, 2.24) is 15.5 Å². The van der Waals surface area contributed by atoms with Gasteiger partial charge in [0, 0.05) is 29.0 Å². The van der Waals surface area contributed by atoms with Crippen molar-refractivity contribution in [3.8, 4) is 0 Å². The van der Waals surface area contributed by atoms with Crippen LogP contribution in [0, 0.1) is 24.7 Å². The van der Waals surface area contributed by atoms with Crippen LogP contribution in [0.5, 0.6) is 0 Å². The van der Waals surface area contributed by atoms with E-state index in [4.69, 9.17) is 9.47 Å². The molecule has 1 aromatic heterocycles. The monoisotopic (exact) mass is 606 g/mol. The first-order valence-electron chi connectivity index (χ1n) is 15.0. The number of thioether (sulfide) groups is 1. The fraction of sp³-hybridized carbons (Fsp3) is 0.531. The number of carbonyl (C=O) groups excluding carboxylic acids is 1. The number of anilines is 1. The zero-order chi connectivity index (χ0) is 28.7. The summed E-state index contributed by atoms with van der Waals surface area (Å²) in [5, 5.41) is 25.3. The number of aryl methyl sites for hydroxylation is 1. The van der Waals surface area contributed by atoms with Gasteiger partial charge in [-0.15, -0.1) is 10.2 Å². The maximum atomic E-state index is 13.1. The molecule has 3 aromatic rings. The minimum Gasteiger partial charge on any atom is -0.392 e.